The van der Waals surface area contributed by atoms with Crippen molar-refractivity contribution < 1.29 is 14.8 Å². The van der Waals surface area contributed by atoms with Crippen LogP contribution in [0.3, 0.4) is 0 Å². The van der Waals surface area contributed by atoms with Crippen molar-refractivity contribution in [2.45, 2.75) is 0 Å². The predicted molar refractivity (Wildman–Crippen MR) is 52.2 cm³/mol. The Morgan fingerprint density at radius 2 is 2.07 bits per heavy atom. The van der Waals surface area contributed by atoms with Gasteiger partial charge in [-0.3, -0.25) is 4.79 Å². The van der Waals surface area contributed by atoms with E-state index in [9.17, 15) is 4.79 Å². The first-order chi connectivity index (χ1) is 6.68. The second-order valence-electron chi connectivity index (χ2n) is 3.29. The maximum absolute atomic E-state index is 11.5. The Hall–Kier alpha value is -1.33. The highest BCUT2D eigenvalue weighted by Crippen LogP contribution is 2.10. The van der Waals surface area contributed by atoms with Crippen molar-refractivity contribution in [1.29, 1.82) is 0 Å². The lowest BCUT2D eigenvalue weighted by Gasteiger charge is -2.04. The average molecular weight is 191 g/mol. The van der Waals surface area contributed by atoms with Crippen LogP contribution in [0.4, 0.5) is 0 Å². The second kappa shape index (κ2) is 3.44. The van der Waals surface area contributed by atoms with Gasteiger partial charge in [-0.25, -0.2) is 0 Å². The van der Waals surface area contributed by atoms with Gasteiger partial charge >= 0.3 is 7.12 Å². The van der Waals surface area contributed by atoms with E-state index in [1.54, 1.807) is 23.1 Å². The highest BCUT2D eigenvalue weighted by atomic mass is 16.4. The molecular weight excluding hydrogens is 181 g/mol. The standard InChI is InChI=1S/C9H10BNO3/c12-9(11-4-5-11)7-2-1-3-8(6-7)10(13)14/h1-3,6,13-14H,4-5H2. The summed E-state index contributed by atoms with van der Waals surface area (Å²) in [6.07, 6.45) is 0. The lowest BCUT2D eigenvalue weighted by Crippen LogP contribution is -2.30. The number of benzene rings is 1. The second-order valence-corrected chi connectivity index (χ2v) is 3.29. The van der Waals surface area contributed by atoms with Crippen LogP contribution in [-0.4, -0.2) is 41.1 Å². The van der Waals surface area contributed by atoms with Crippen molar-refractivity contribution in [2.75, 3.05) is 13.1 Å². The molecular formula is C9H10BNO3. The molecule has 1 saturated heterocycles. The van der Waals surface area contributed by atoms with Crippen LogP contribution in [0.15, 0.2) is 24.3 Å². The van der Waals surface area contributed by atoms with Gasteiger partial charge in [0.1, 0.15) is 0 Å². The van der Waals surface area contributed by atoms with Crippen molar-refractivity contribution in [3.8, 4) is 0 Å². The molecule has 1 aromatic rings. The fourth-order valence-corrected chi connectivity index (χ4v) is 1.27. The van der Waals surface area contributed by atoms with Crippen molar-refractivity contribution >= 4 is 18.5 Å². The molecule has 1 aromatic carbocycles. The van der Waals surface area contributed by atoms with Crippen LogP contribution in [0.5, 0.6) is 0 Å². The van der Waals surface area contributed by atoms with Crippen molar-refractivity contribution in [3.05, 3.63) is 29.8 Å². The van der Waals surface area contributed by atoms with Crippen LogP contribution in [0, 0.1) is 0 Å². The molecule has 0 bridgehead atoms. The van der Waals surface area contributed by atoms with Gasteiger partial charge in [0.2, 0.25) is 0 Å². The number of hydrogen-bond acceptors (Lipinski definition) is 3. The molecule has 72 valence electrons. The molecule has 0 saturated carbocycles. The molecule has 14 heavy (non-hydrogen) atoms. The lowest BCUT2D eigenvalue weighted by atomic mass is 9.79. The summed E-state index contributed by atoms with van der Waals surface area (Å²) in [5.41, 5.74) is 0.853. The molecule has 1 aliphatic rings. The Bertz CT molecular complexity index is 363. The van der Waals surface area contributed by atoms with Crippen LogP contribution in [0.25, 0.3) is 0 Å². The van der Waals surface area contributed by atoms with Crippen molar-refractivity contribution in [2.24, 2.45) is 0 Å². The van der Waals surface area contributed by atoms with Gasteiger partial charge in [0, 0.05) is 18.7 Å². The molecule has 1 amide bonds. The molecule has 4 nitrogen and oxygen atoms in total. The number of amides is 1. The zero-order valence-corrected chi connectivity index (χ0v) is 7.55. The predicted octanol–water partition coefficient (Wildman–Crippen LogP) is -1.18. The van der Waals surface area contributed by atoms with Gasteiger partial charge in [-0.1, -0.05) is 12.1 Å². The highest BCUT2D eigenvalue weighted by Gasteiger charge is 2.25. The van der Waals surface area contributed by atoms with E-state index in [1.165, 1.54) is 6.07 Å². The maximum Gasteiger partial charge on any atom is 0.488 e. The van der Waals surface area contributed by atoms with E-state index in [4.69, 9.17) is 10.0 Å². The number of nitrogens with zero attached hydrogens (tertiary/aromatic N) is 1. The smallest absolute Gasteiger partial charge is 0.423 e. The first kappa shape index (κ1) is 9.24. The van der Waals surface area contributed by atoms with Crippen LogP contribution < -0.4 is 5.46 Å². The van der Waals surface area contributed by atoms with E-state index in [2.05, 4.69) is 0 Å². The van der Waals surface area contributed by atoms with Gasteiger partial charge in [0.25, 0.3) is 5.91 Å². The van der Waals surface area contributed by atoms with E-state index in [0.29, 0.717) is 11.0 Å². The molecule has 0 atom stereocenters. The summed E-state index contributed by atoms with van der Waals surface area (Å²) >= 11 is 0. The summed E-state index contributed by atoms with van der Waals surface area (Å²) in [6.45, 7) is 1.59. The summed E-state index contributed by atoms with van der Waals surface area (Å²) < 4.78 is 0. The van der Waals surface area contributed by atoms with E-state index in [1.807, 2.05) is 0 Å². The first-order valence-electron chi connectivity index (χ1n) is 4.44. The monoisotopic (exact) mass is 191 g/mol. The van der Waals surface area contributed by atoms with E-state index in [-0.39, 0.29) is 5.91 Å². The van der Waals surface area contributed by atoms with E-state index >= 15 is 0 Å². The highest BCUT2D eigenvalue weighted by molar-refractivity contribution is 6.58. The fraction of sp³-hybridized carbons (Fsp3) is 0.222. The largest absolute Gasteiger partial charge is 0.488 e. The van der Waals surface area contributed by atoms with Crippen LogP contribution in [0.2, 0.25) is 0 Å². The maximum atomic E-state index is 11.5. The summed E-state index contributed by atoms with van der Waals surface area (Å²) in [4.78, 5) is 13.2. The van der Waals surface area contributed by atoms with Gasteiger partial charge in [-0.2, -0.15) is 0 Å². The summed E-state index contributed by atoms with van der Waals surface area (Å²) in [6, 6.07) is 6.40. The Kier molecular flexibility index (Phi) is 2.27. The minimum atomic E-state index is -1.52. The Balaban J connectivity index is 2.25. The SMILES string of the molecule is O=C(c1cccc(B(O)O)c1)N1CC1. The molecule has 0 spiro atoms. The first-order valence-corrected chi connectivity index (χ1v) is 4.44. The van der Waals surface area contributed by atoms with Gasteiger partial charge in [0.05, 0.1) is 0 Å². The summed E-state index contributed by atoms with van der Waals surface area (Å²) in [5, 5.41) is 17.8. The summed E-state index contributed by atoms with van der Waals surface area (Å²) in [7, 11) is -1.52. The van der Waals surface area contributed by atoms with Gasteiger partial charge in [-0.05, 0) is 17.6 Å². The molecule has 5 heteroatoms. The van der Waals surface area contributed by atoms with E-state index in [0.717, 1.165) is 13.1 Å². The zero-order chi connectivity index (χ0) is 10.1. The van der Waals surface area contributed by atoms with Crippen molar-refractivity contribution in [1.82, 2.24) is 4.90 Å². The lowest BCUT2D eigenvalue weighted by molar-refractivity contribution is 0.0885. The molecule has 2 N–H and O–H groups in total. The minimum Gasteiger partial charge on any atom is -0.423 e. The van der Waals surface area contributed by atoms with Crippen LogP contribution in [0.1, 0.15) is 10.4 Å². The van der Waals surface area contributed by atoms with E-state index < -0.39 is 7.12 Å². The molecule has 0 aliphatic carbocycles. The fourth-order valence-electron chi connectivity index (χ4n) is 1.27. The van der Waals surface area contributed by atoms with Gasteiger partial charge < -0.3 is 14.9 Å². The average Bonchev–Trinajstić information content (AvgIpc) is 3.00. The van der Waals surface area contributed by atoms with Crippen LogP contribution >= 0.6 is 0 Å². The third-order valence-corrected chi connectivity index (χ3v) is 2.17. The molecule has 0 radical (unpaired) electrons. The Morgan fingerprint density at radius 3 is 2.64 bits per heavy atom. The third-order valence-electron chi connectivity index (χ3n) is 2.17. The van der Waals surface area contributed by atoms with Crippen molar-refractivity contribution in [3.63, 3.8) is 0 Å². The number of carbonyl (C=O) groups excluding carboxylic acids is 1. The minimum absolute atomic E-state index is 0.0486. The molecule has 1 fully saturated rings. The summed E-state index contributed by atoms with van der Waals surface area (Å²) in [5.74, 6) is -0.0486. The quantitative estimate of drug-likeness (QED) is 0.457. The topological polar surface area (TPSA) is 60.5 Å². The third kappa shape index (κ3) is 1.78. The Morgan fingerprint density at radius 1 is 1.36 bits per heavy atom. The number of carbonyl (C=O) groups is 1. The Labute approximate surface area is 81.9 Å². The molecule has 2 rings (SSSR count). The number of rotatable bonds is 2. The molecule has 1 aliphatic heterocycles. The normalized spacial score (nSPS) is 14.0. The van der Waals surface area contributed by atoms with Gasteiger partial charge in [-0.15, -0.1) is 0 Å². The van der Waals surface area contributed by atoms with Crippen LogP contribution in [-0.2, 0) is 0 Å². The van der Waals surface area contributed by atoms with Gasteiger partial charge in [0.15, 0.2) is 0 Å². The molecule has 1 heterocycles. The molecule has 0 unspecified atom stereocenters. The number of hydrogen-bond donors (Lipinski definition) is 2. The molecule has 0 aromatic heterocycles. The zero-order valence-electron chi connectivity index (χ0n) is 7.55.